The maximum absolute atomic E-state index is 5.69. The van der Waals surface area contributed by atoms with Crippen LogP contribution in [-0.4, -0.2) is 56.9 Å². The van der Waals surface area contributed by atoms with Crippen molar-refractivity contribution >= 4 is 5.96 Å². The number of ether oxygens (including phenoxy) is 2. The molecule has 5 heteroatoms. The molecule has 0 saturated carbocycles. The van der Waals surface area contributed by atoms with Crippen molar-refractivity contribution < 1.29 is 9.47 Å². The van der Waals surface area contributed by atoms with Gasteiger partial charge in [0.15, 0.2) is 5.96 Å². The lowest BCUT2D eigenvalue weighted by molar-refractivity contribution is 0.117. The molecule has 0 aliphatic carbocycles. The minimum Gasteiger partial charge on any atom is -0.497 e. The molecule has 0 aromatic heterocycles. The fraction of sp³-hybridized carbons (Fsp3) is 0.632. The van der Waals surface area contributed by atoms with Crippen molar-refractivity contribution in [3.05, 3.63) is 29.8 Å². The molecule has 132 valence electrons. The standard InChI is InChI=1S/C19H29N3O2/c1-3-20-19(21-13-18-5-4-12-24-18)22-11-10-16(14-22)15-6-8-17(23-2)9-7-15/h6-9,16,18H,3-5,10-14H2,1-2H3,(H,20,21). The Kier molecular flexibility index (Phi) is 5.96. The van der Waals surface area contributed by atoms with Crippen molar-refractivity contribution in [3.8, 4) is 5.75 Å². The van der Waals surface area contributed by atoms with Gasteiger partial charge in [-0.15, -0.1) is 0 Å². The van der Waals surface area contributed by atoms with E-state index < -0.39 is 0 Å². The Labute approximate surface area is 145 Å². The maximum Gasteiger partial charge on any atom is 0.194 e. The molecule has 2 saturated heterocycles. The van der Waals surface area contributed by atoms with Gasteiger partial charge in [0.1, 0.15) is 5.75 Å². The summed E-state index contributed by atoms with van der Waals surface area (Å²) in [4.78, 5) is 7.20. The predicted octanol–water partition coefficient (Wildman–Crippen LogP) is 2.63. The zero-order valence-electron chi connectivity index (χ0n) is 14.8. The predicted molar refractivity (Wildman–Crippen MR) is 96.9 cm³/mol. The fourth-order valence-electron chi connectivity index (χ4n) is 3.50. The largest absolute Gasteiger partial charge is 0.497 e. The second kappa shape index (κ2) is 8.38. The van der Waals surface area contributed by atoms with Crippen molar-refractivity contribution in [1.29, 1.82) is 0 Å². The Bertz CT molecular complexity index is 538. The van der Waals surface area contributed by atoms with E-state index in [-0.39, 0.29) is 0 Å². The highest BCUT2D eigenvalue weighted by molar-refractivity contribution is 5.80. The highest BCUT2D eigenvalue weighted by Gasteiger charge is 2.26. The van der Waals surface area contributed by atoms with E-state index >= 15 is 0 Å². The van der Waals surface area contributed by atoms with E-state index in [0.717, 1.165) is 57.3 Å². The molecule has 2 aliphatic rings. The zero-order valence-corrected chi connectivity index (χ0v) is 14.8. The van der Waals surface area contributed by atoms with Crippen molar-refractivity contribution in [1.82, 2.24) is 10.2 Å². The third-order valence-corrected chi connectivity index (χ3v) is 4.88. The smallest absolute Gasteiger partial charge is 0.194 e. The van der Waals surface area contributed by atoms with E-state index in [4.69, 9.17) is 14.5 Å². The summed E-state index contributed by atoms with van der Waals surface area (Å²) in [5, 5.41) is 3.44. The van der Waals surface area contributed by atoms with Crippen LogP contribution in [0.4, 0.5) is 0 Å². The molecule has 2 fully saturated rings. The lowest BCUT2D eigenvalue weighted by Gasteiger charge is -2.22. The van der Waals surface area contributed by atoms with Gasteiger partial charge in [-0.2, -0.15) is 0 Å². The average Bonchev–Trinajstić information content (AvgIpc) is 3.30. The fourth-order valence-corrected chi connectivity index (χ4v) is 3.50. The molecular weight excluding hydrogens is 302 g/mol. The number of benzene rings is 1. The number of aliphatic imine (C=N–C) groups is 1. The van der Waals surface area contributed by atoms with Gasteiger partial charge >= 0.3 is 0 Å². The molecule has 2 atom stereocenters. The SMILES string of the molecule is CCNC(=NCC1CCCO1)N1CCC(c2ccc(OC)cc2)C1. The van der Waals surface area contributed by atoms with Crippen LogP contribution in [0, 0.1) is 0 Å². The van der Waals surface area contributed by atoms with E-state index in [1.807, 2.05) is 0 Å². The Hall–Kier alpha value is -1.75. The number of guanidine groups is 1. The normalized spacial score (nSPS) is 24.4. The molecule has 5 nitrogen and oxygen atoms in total. The number of nitrogens with zero attached hydrogens (tertiary/aromatic N) is 2. The van der Waals surface area contributed by atoms with Crippen LogP contribution in [-0.2, 0) is 4.74 Å². The Balaban J connectivity index is 1.61. The van der Waals surface area contributed by atoms with Crippen LogP contribution >= 0.6 is 0 Å². The van der Waals surface area contributed by atoms with E-state index in [9.17, 15) is 0 Å². The van der Waals surface area contributed by atoms with E-state index in [0.29, 0.717) is 12.0 Å². The maximum atomic E-state index is 5.69. The molecule has 2 unspecified atom stereocenters. The molecular formula is C19H29N3O2. The molecule has 2 aliphatic heterocycles. The number of likely N-dealkylation sites (tertiary alicyclic amines) is 1. The molecule has 3 rings (SSSR count). The summed E-state index contributed by atoms with van der Waals surface area (Å²) >= 11 is 0. The summed E-state index contributed by atoms with van der Waals surface area (Å²) < 4.78 is 10.9. The number of nitrogens with one attached hydrogen (secondary N) is 1. The molecule has 0 spiro atoms. The summed E-state index contributed by atoms with van der Waals surface area (Å²) in [7, 11) is 1.71. The first-order valence-corrected chi connectivity index (χ1v) is 9.09. The molecule has 0 radical (unpaired) electrons. The summed E-state index contributed by atoms with van der Waals surface area (Å²) in [5.74, 6) is 2.51. The molecule has 1 aromatic carbocycles. The average molecular weight is 331 g/mol. The van der Waals surface area contributed by atoms with Gasteiger partial charge in [-0.3, -0.25) is 4.99 Å². The molecule has 1 aromatic rings. The first-order chi connectivity index (χ1) is 11.8. The number of rotatable bonds is 5. The van der Waals surface area contributed by atoms with Crippen LogP contribution < -0.4 is 10.1 Å². The van der Waals surface area contributed by atoms with Crippen molar-refractivity contribution in [2.75, 3.05) is 39.9 Å². The van der Waals surface area contributed by atoms with Crippen LogP contribution in [0.1, 0.15) is 37.7 Å². The first kappa shape index (κ1) is 17.1. The Morgan fingerprint density at radius 1 is 1.33 bits per heavy atom. The topological polar surface area (TPSA) is 46.1 Å². The monoisotopic (exact) mass is 331 g/mol. The van der Waals surface area contributed by atoms with Crippen molar-refractivity contribution in [2.45, 2.75) is 38.2 Å². The van der Waals surface area contributed by atoms with E-state index in [1.165, 1.54) is 12.0 Å². The van der Waals surface area contributed by atoms with Crippen molar-refractivity contribution in [2.24, 2.45) is 4.99 Å². The third kappa shape index (κ3) is 4.20. The van der Waals surface area contributed by atoms with Gasteiger partial charge in [0.05, 0.1) is 19.8 Å². The van der Waals surface area contributed by atoms with E-state index in [2.05, 4.69) is 41.4 Å². The van der Waals surface area contributed by atoms with Crippen LogP contribution in [0.25, 0.3) is 0 Å². The molecule has 24 heavy (non-hydrogen) atoms. The Morgan fingerprint density at radius 2 is 2.17 bits per heavy atom. The van der Waals surface area contributed by atoms with Crippen LogP contribution in [0.3, 0.4) is 0 Å². The second-order valence-electron chi connectivity index (χ2n) is 6.53. The van der Waals surface area contributed by atoms with E-state index in [1.54, 1.807) is 7.11 Å². The quantitative estimate of drug-likeness (QED) is 0.665. The lowest BCUT2D eigenvalue weighted by atomic mass is 9.98. The number of hydrogen-bond donors (Lipinski definition) is 1. The zero-order chi connectivity index (χ0) is 16.8. The Morgan fingerprint density at radius 3 is 2.83 bits per heavy atom. The van der Waals surface area contributed by atoms with Gasteiger partial charge in [-0.25, -0.2) is 0 Å². The van der Waals surface area contributed by atoms with Crippen molar-refractivity contribution in [3.63, 3.8) is 0 Å². The minimum atomic E-state index is 0.304. The second-order valence-corrected chi connectivity index (χ2v) is 6.53. The highest BCUT2D eigenvalue weighted by Crippen LogP contribution is 2.28. The van der Waals surface area contributed by atoms with Crippen LogP contribution in [0.5, 0.6) is 5.75 Å². The first-order valence-electron chi connectivity index (χ1n) is 9.09. The van der Waals surface area contributed by atoms with Gasteiger partial charge in [0, 0.05) is 32.2 Å². The van der Waals surface area contributed by atoms with Gasteiger partial charge < -0.3 is 19.7 Å². The molecule has 1 N–H and O–H groups in total. The summed E-state index contributed by atoms with van der Waals surface area (Å²) in [6, 6.07) is 8.47. The molecule has 0 amide bonds. The lowest BCUT2D eigenvalue weighted by Crippen LogP contribution is -2.40. The van der Waals surface area contributed by atoms with Gasteiger partial charge in [-0.05, 0) is 43.9 Å². The van der Waals surface area contributed by atoms with Crippen LogP contribution in [0.2, 0.25) is 0 Å². The summed E-state index contributed by atoms with van der Waals surface area (Å²) in [6.07, 6.45) is 3.77. The van der Waals surface area contributed by atoms with Gasteiger partial charge in [0.25, 0.3) is 0 Å². The van der Waals surface area contributed by atoms with Gasteiger partial charge in [0.2, 0.25) is 0 Å². The summed E-state index contributed by atoms with van der Waals surface area (Å²) in [5.41, 5.74) is 1.38. The van der Waals surface area contributed by atoms with Gasteiger partial charge in [-0.1, -0.05) is 12.1 Å². The van der Waals surface area contributed by atoms with Crippen LogP contribution in [0.15, 0.2) is 29.3 Å². The third-order valence-electron chi connectivity index (χ3n) is 4.88. The number of hydrogen-bond acceptors (Lipinski definition) is 3. The number of methoxy groups -OCH3 is 1. The molecule has 0 bridgehead atoms. The molecule has 2 heterocycles. The minimum absolute atomic E-state index is 0.304. The summed E-state index contributed by atoms with van der Waals surface area (Å²) in [6.45, 7) is 6.75. The highest BCUT2D eigenvalue weighted by atomic mass is 16.5.